The normalized spacial score (nSPS) is 21.1. The van der Waals surface area contributed by atoms with E-state index in [2.05, 4.69) is 44.4 Å². The van der Waals surface area contributed by atoms with Crippen LogP contribution in [-0.4, -0.2) is 28.3 Å². The first-order valence-corrected chi connectivity index (χ1v) is 7.16. The zero-order valence-electron chi connectivity index (χ0n) is 10.1. The van der Waals surface area contributed by atoms with Gasteiger partial charge in [0.1, 0.15) is 10.9 Å². The van der Waals surface area contributed by atoms with E-state index < -0.39 is 0 Å². The highest BCUT2D eigenvalue weighted by Gasteiger charge is 2.23. The molecule has 0 bridgehead atoms. The van der Waals surface area contributed by atoms with Gasteiger partial charge in [-0.05, 0) is 55.5 Å². The van der Waals surface area contributed by atoms with Gasteiger partial charge in [-0.3, -0.25) is 4.99 Å². The van der Waals surface area contributed by atoms with Gasteiger partial charge in [0, 0.05) is 6.61 Å². The molecule has 0 saturated carbocycles. The predicted octanol–water partition coefficient (Wildman–Crippen LogP) is 3.81. The number of hydrogen-bond acceptors (Lipinski definition) is 4. The lowest BCUT2D eigenvalue weighted by Gasteiger charge is -2.23. The van der Waals surface area contributed by atoms with Crippen LogP contribution in [-0.2, 0) is 4.74 Å². The predicted molar refractivity (Wildman–Crippen MR) is 81.6 cm³/mol. The molecule has 2 rings (SSSR count). The lowest BCUT2D eigenvalue weighted by molar-refractivity contribution is -0.0384. The highest BCUT2D eigenvalue weighted by molar-refractivity contribution is 14.1. The maximum Gasteiger partial charge on any atom is 0.181 e. The van der Waals surface area contributed by atoms with Crippen LogP contribution in [0.3, 0.4) is 0 Å². The van der Waals surface area contributed by atoms with Crippen molar-refractivity contribution in [3.8, 4) is 0 Å². The van der Waals surface area contributed by atoms with Crippen LogP contribution in [0.4, 0.5) is 11.5 Å². The second kappa shape index (κ2) is 6.12. The first-order valence-electron chi connectivity index (χ1n) is 5.70. The molecule has 0 aromatic carbocycles. The van der Waals surface area contributed by atoms with Gasteiger partial charge >= 0.3 is 0 Å². The third kappa shape index (κ3) is 2.92. The zero-order chi connectivity index (χ0) is 13.1. The van der Waals surface area contributed by atoms with Crippen molar-refractivity contribution in [2.24, 2.45) is 9.98 Å². The number of aromatic nitrogens is 2. The highest BCUT2D eigenvalue weighted by Crippen LogP contribution is 2.37. The van der Waals surface area contributed by atoms with E-state index in [4.69, 9.17) is 16.3 Å². The van der Waals surface area contributed by atoms with Gasteiger partial charge in [0.25, 0.3) is 0 Å². The minimum atomic E-state index is -0.0856. The summed E-state index contributed by atoms with van der Waals surface area (Å²) < 4.78 is 8.24. The summed E-state index contributed by atoms with van der Waals surface area (Å²) in [5, 5.41) is 4.88. The van der Waals surface area contributed by atoms with E-state index in [0.29, 0.717) is 16.7 Å². The SMILES string of the molecule is C=Nc1c(I)nn(C2CCCCO2)c1/N=C(\C)Cl. The smallest absolute Gasteiger partial charge is 0.181 e. The summed E-state index contributed by atoms with van der Waals surface area (Å²) in [5.41, 5.74) is 0.657. The van der Waals surface area contributed by atoms with Gasteiger partial charge in [0.2, 0.25) is 0 Å². The fourth-order valence-corrected chi connectivity index (χ4v) is 2.62. The molecule has 1 aliphatic rings. The van der Waals surface area contributed by atoms with Crippen molar-refractivity contribution in [2.75, 3.05) is 6.61 Å². The first kappa shape index (κ1) is 14.0. The summed E-state index contributed by atoms with van der Waals surface area (Å²) >= 11 is 7.98. The standard InChI is InChI=1S/C11H14ClIN4O/c1-7(12)15-11-9(14-2)10(13)16-17(11)8-5-3-4-6-18-8/h8H,2-6H2,1H3/b15-7+. The van der Waals surface area contributed by atoms with Crippen LogP contribution in [0.25, 0.3) is 0 Å². The lowest BCUT2D eigenvalue weighted by atomic mass is 10.2. The van der Waals surface area contributed by atoms with Crippen LogP contribution >= 0.6 is 34.2 Å². The summed E-state index contributed by atoms with van der Waals surface area (Å²) in [6.07, 6.45) is 3.06. The molecular formula is C11H14ClIN4O. The van der Waals surface area contributed by atoms with E-state index in [1.165, 1.54) is 0 Å². The summed E-state index contributed by atoms with van der Waals surface area (Å²) in [6, 6.07) is 0. The molecular weight excluding hydrogens is 367 g/mol. The Morgan fingerprint density at radius 1 is 1.61 bits per heavy atom. The van der Waals surface area contributed by atoms with E-state index in [9.17, 15) is 0 Å². The minimum absolute atomic E-state index is 0.0856. The molecule has 7 heteroatoms. The van der Waals surface area contributed by atoms with Crippen molar-refractivity contribution in [3.05, 3.63) is 3.70 Å². The Balaban J connectivity index is 2.45. The Kier molecular flexibility index (Phi) is 4.74. The Morgan fingerprint density at radius 3 is 2.94 bits per heavy atom. The van der Waals surface area contributed by atoms with Crippen molar-refractivity contribution in [3.63, 3.8) is 0 Å². The largest absolute Gasteiger partial charge is 0.356 e. The van der Waals surface area contributed by atoms with E-state index in [1.54, 1.807) is 11.6 Å². The quantitative estimate of drug-likeness (QED) is 0.591. The third-order valence-electron chi connectivity index (χ3n) is 2.67. The molecule has 0 amide bonds. The number of halogens is 2. The molecule has 98 valence electrons. The van der Waals surface area contributed by atoms with Crippen molar-refractivity contribution >= 4 is 57.6 Å². The van der Waals surface area contributed by atoms with E-state index in [-0.39, 0.29) is 6.23 Å². The molecule has 1 fully saturated rings. The Morgan fingerprint density at radius 2 is 2.39 bits per heavy atom. The molecule has 18 heavy (non-hydrogen) atoms. The lowest BCUT2D eigenvalue weighted by Crippen LogP contribution is -2.19. The van der Waals surface area contributed by atoms with Gasteiger partial charge in [-0.2, -0.15) is 5.10 Å². The van der Waals surface area contributed by atoms with Crippen molar-refractivity contribution in [1.29, 1.82) is 0 Å². The molecule has 1 unspecified atom stereocenters. The van der Waals surface area contributed by atoms with Crippen molar-refractivity contribution in [2.45, 2.75) is 32.4 Å². The van der Waals surface area contributed by atoms with Crippen LogP contribution in [0.15, 0.2) is 9.98 Å². The molecule has 1 saturated heterocycles. The van der Waals surface area contributed by atoms with Crippen LogP contribution < -0.4 is 0 Å². The minimum Gasteiger partial charge on any atom is -0.356 e. The monoisotopic (exact) mass is 380 g/mol. The molecule has 0 N–H and O–H groups in total. The van der Waals surface area contributed by atoms with E-state index in [1.807, 2.05) is 0 Å². The van der Waals surface area contributed by atoms with Crippen molar-refractivity contribution < 1.29 is 4.74 Å². The average molecular weight is 381 g/mol. The summed E-state index contributed by atoms with van der Waals surface area (Å²) in [5.74, 6) is 0.619. The zero-order valence-corrected chi connectivity index (χ0v) is 13.0. The molecule has 1 aromatic heterocycles. The average Bonchev–Trinajstić information content (AvgIpc) is 2.66. The second-order valence-corrected chi connectivity index (χ2v) is 5.56. The Bertz CT molecular complexity index is 476. The fraction of sp³-hybridized carbons (Fsp3) is 0.545. The maximum absolute atomic E-state index is 5.86. The molecule has 1 atom stereocenters. The molecule has 0 aliphatic carbocycles. The van der Waals surface area contributed by atoms with Crippen LogP contribution in [0, 0.1) is 3.70 Å². The van der Waals surface area contributed by atoms with Gasteiger partial charge in [0.15, 0.2) is 15.7 Å². The summed E-state index contributed by atoms with van der Waals surface area (Å²) in [6.45, 7) is 6.03. The van der Waals surface area contributed by atoms with Crippen LogP contribution in [0.1, 0.15) is 32.4 Å². The number of rotatable bonds is 3. The van der Waals surface area contributed by atoms with Gasteiger partial charge < -0.3 is 4.74 Å². The van der Waals surface area contributed by atoms with Gasteiger partial charge in [0.05, 0.1) is 0 Å². The highest BCUT2D eigenvalue weighted by atomic mass is 127. The topological polar surface area (TPSA) is 51.8 Å². The molecule has 0 spiro atoms. The second-order valence-electron chi connectivity index (χ2n) is 4.00. The number of ether oxygens (including phenoxy) is 1. The maximum atomic E-state index is 5.86. The molecule has 2 heterocycles. The third-order valence-corrected chi connectivity index (χ3v) is 3.48. The molecule has 1 aliphatic heterocycles. The first-order chi connectivity index (χ1) is 8.63. The summed E-state index contributed by atoms with van der Waals surface area (Å²) in [7, 11) is 0. The van der Waals surface area contributed by atoms with Gasteiger partial charge in [-0.25, -0.2) is 9.67 Å². The van der Waals surface area contributed by atoms with Crippen molar-refractivity contribution in [1.82, 2.24) is 9.78 Å². The van der Waals surface area contributed by atoms with Gasteiger partial charge in [-0.15, -0.1) is 0 Å². The molecule has 5 nitrogen and oxygen atoms in total. The fourth-order valence-electron chi connectivity index (χ4n) is 1.89. The van der Waals surface area contributed by atoms with E-state index >= 15 is 0 Å². The Labute approximate surface area is 124 Å². The van der Waals surface area contributed by atoms with Gasteiger partial charge in [-0.1, -0.05) is 11.6 Å². The number of nitrogens with zero attached hydrogens (tertiary/aromatic N) is 4. The molecule has 1 aromatic rings. The molecule has 0 radical (unpaired) electrons. The summed E-state index contributed by atoms with van der Waals surface area (Å²) in [4.78, 5) is 8.27. The number of hydrogen-bond donors (Lipinski definition) is 0. The van der Waals surface area contributed by atoms with Crippen LogP contribution in [0.2, 0.25) is 0 Å². The van der Waals surface area contributed by atoms with E-state index in [0.717, 1.165) is 29.6 Å². The number of aliphatic imine (C=N–C) groups is 2. The Hall–Kier alpha value is -0.470. The van der Waals surface area contributed by atoms with Crippen LogP contribution in [0.5, 0.6) is 0 Å².